The van der Waals surface area contributed by atoms with Gasteiger partial charge in [-0.3, -0.25) is 14.6 Å². The van der Waals surface area contributed by atoms with Crippen LogP contribution in [0, 0.1) is 0 Å². The summed E-state index contributed by atoms with van der Waals surface area (Å²) in [6.07, 6.45) is 7.51. The number of methoxy groups -OCH3 is 1. The molecule has 0 saturated carbocycles. The number of rotatable bonds is 5. The molecule has 0 N–H and O–H groups in total. The van der Waals surface area contributed by atoms with Gasteiger partial charge in [-0.05, 0) is 6.92 Å². The molecule has 0 radical (unpaired) electrons. The first-order valence-corrected chi connectivity index (χ1v) is 7.63. The van der Waals surface area contributed by atoms with Gasteiger partial charge in [0.1, 0.15) is 0 Å². The highest BCUT2D eigenvalue weighted by Crippen LogP contribution is 2.16. The van der Waals surface area contributed by atoms with Gasteiger partial charge in [0.15, 0.2) is 5.82 Å². The van der Waals surface area contributed by atoms with E-state index >= 15 is 0 Å². The molecule has 7 nitrogen and oxygen atoms in total. The number of anilines is 1. The van der Waals surface area contributed by atoms with Gasteiger partial charge in [-0.15, -0.1) is 0 Å². The van der Waals surface area contributed by atoms with E-state index in [-0.39, 0.29) is 0 Å². The van der Waals surface area contributed by atoms with Crippen LogP contribution in [0.15, 0.2) is 24.8 Å². The summed E-state index contributed by atoms with van der Waals surface area (Å²) >= 11 is 0. The molecule has 2 aromatic rings. The maximum atomic E-state index is 5.14. The van der Waals surface area contributed by atoms with E-state index < -0.39 is 0 Å². The van der Waals surface area contributed by atoms with E-state index in [0.29, 0.717) is 5.88 Å². The summed E-state index contributed by atoms with van der Waals surface area (Å²) in [5.41, 5.74) is 1.27. The Balaban J connectivity index is 1.55. The highest BCUT2D eigenvalue weighted by Gasteiger charge is 2.19. The molecule has 22 heavy (non-hydrogen) atoms. The van der Waals surface area contributed by atoms with E-state index in [4.69, 9.17) is 4.74 Å². The van der Waals surface area contributed by atoms with E-state index in [1.54, 1.807) is 19.5 Å². The maximum Gasteiger partial charge on any atom is 0.233 e. The Bertz CT molecular complexity index is 606. The molecular formula is C15H22N6O. The van der Waals surface area contributed by atoms with Crippen molar-refractivity contribution in [1.82, 2.24) is 24.6 Å². The Hall–Kier alpha value is -2.15. The van der Waals surface area contributed by atoms with Crippen LogP contribution in [0.2, 0.25) is 0 Å². The third kappa shape index (κ3) is 3.36. The van der Waals surface area contributed by atoms with E-state index in [9.17, 15) is 0 Å². The molecule has 0 spiro atoms. The first kappa shape index (κ1) is 14.8. The molecule has 1 aliphatic rings. The van der Waals surface area contributed by atoms with Crippen LogP contribution < -0.4 is 9.64 Å². The van der Waals surface area contributed by atoms with Crippen LogP contribution in [-0.2, 0) is 13.1 Å². The van der Waals surface area contributed by atoms with Crippen LogP contribution in [0.5, 0.6) is 5.88 Å². The van der Waals surface area contributed by atoms with Crippen molar-refractivity contribution in [3.8, 4) is 5.88 Å². The van der Waals surface area contributed by atoms with Gasteiger partial charge in [0.2, 0.25) is 5.88 Å². The summed E-state index contributed by atoms with van der Waals surface area (Å²) in [5, 5.41) is 4.33. The number of hydrogen-bond acceptors (Lipinski definition) is 6. The zero-order chi connectivity index (χ0) is 15.4. The first-order chi connectivity index (χ1) is 10.8. The minimum absolute atomic E-state index is 0.562. The fraction of sp³-hybridized carbons (Fsp3) is 0.533. The van der Waals surface area contributed by atoms with Crippen LogP contribution in [0.25, 0.3) is 0 Å². The summed E-state index contributed by atoms with van der Waals surface area (Å²) in [6.45, 7) is 7.89. The van der Waals surface area contributed by atoms with E-state index in [2.05, 4.69) is 38.0 Å². The van der Waals surface area contributed by atoms with E-state index in [1.807, 2.05) is 10.9 Å². The summed E-state index contributed by atoms with van der Waals surface area (Å²) in [6, 6.07) is 0. The highest BCUT2D eigenvalue weighted by atomic mass is 16.5. The molecule has 0 amide bonds. The second kappa shape index (κ2) is 6.74. The SMILES string of the molecule is CCn1cc(CN2CCN(c3cncc(OC)n3)CC2)cn1. The van der Waals surface area contributed by atoms with E-state index in [0.717, 1.165) is 45.1 Å². The van der Waals surface area contributed by atoms with Gasteiger partial charge < -0.3 is 9.64 Å². The van der Waals surface area contributed by atoms with Gasteiger partial charge in [0, 0.05) is 51.0 Å². The normalized spacial score (nSPS) is 16.0. The molecule has 2 aromatic heterocycles. The summed E-state index contributed by atoms with van der Waals surface area (Å²) in [5.74, 6) is 1.45. The topological polar surface area (TPSA) is 59.3 Å². The predicted molar refractivity (Wildman–Crippen MR) is 84.0 cm³/mol. The number of piperazine rings is 1. The van der Waals surface area contributed by atoms with E-state index in [1.165, 1.54) is 5.56 Å². The Labute approximate surface area is 130 Å². The lowest BCUT2D eigenvalue weighted by Crippen LogP contribution is -2.46. The number of aromatic nitrogens is 4. The number of aryl methyl sites for hydroxylation is 1. The van der Waals surface area contributed by atoms with Gasteiger partial charge in [0.25, 0.3) is 0 Å². The zero-order valence-corrected chi connectivity index (χ0v) is 13.1. The molecule has 0 aliphatic carbocycles. The lowest BCUT2D eigenvalue weighted by Gasteiger charge is -2.35. The molecule has 0 aromatic carbocycles. The largest absolute Gasteiger partial charge is 0.480 e. The maximum absolute atomic E-state index is 5.14. The molecule has 118 valence electrons. The smallest absolute Gasteiger partial charge is 0.233 e. The summed E-state index contributed by atoms with van der Waals surface area (Å²) in [7, 11) is 1.61. The predicted octanol–water partition coefficient (Wildman–Crippen LogP) is 1.02. The summed E-state index contributed by atoms with van der Waals surface area (Å²) < 4.78 is 7.11. The fourth-order valence-corrected chi connectivity index (χ4v) is 2.64. The lowest BCUT2D eigenvalue weighted by atomic mass is 10.2. The van der Waals surface area contributed by atoms with Crippen LogP contribution in [0.1, 0.15) is 12.5 Å². The number of nitrogens with zero attached hydrogens (tertiary/aromatic N) is 6. The van der Waals surface area contributed by atoms with Crippen molar-refractivity contribution < 1.29 is 4.74 Å². The Morgan fingerprint density at radius 2 is 1.95 bits per heavy atom. The molecule has 0 bridgehead atoms. The molecule has 0 atom stereocenters. The third-order valence-corrected chi connectivity index (χ3v) is 3.92. The molecule has 1 saturated heterocycles. The van der Waals surface area contributed by atoms with Gasteiger partial charge in [-0.2, -0.15) is 10.1 Å². The molecule has 0 unspecified atom stereocenters. The van der Waals surface area contributed by atoms with Crippen LogP contribution >= 0.6 is 0 Å². The van der Waals surface area contributed by atoms with Crippen molar-refractivity contribution in [2.75, 3.05) is 38.2 Å². The average molecular weight is 302 g/mol. The Kier molecular flexibility index (Phi) is 4.53. The minimum Gasteiger partial charge on any atom is -0.480 e. The van der Waals surface area contributed by atoms with Crippen molar-refractivity contribution in [3.05, 3.63) is 30.4 Å². The molecule has 1 fully saturated rings. The first-order valence-electron chi connectivity index (χ1n) is 7.63. The van der Waals surface area contributed by atoms with Gasteiger partial charge in [-0.1, -0.05) is 0 Å². The monoisotopic (exact) mass is 302 g/mol. The highest BCUT2D eigenvalue weighted by molar-refractivity contribution is 5.38. The van der Waals surface area contributed by atoms with Crippen LogP contribution in [0.4, 0.5) is 5.82 Å². The molecular weight excluding hydrogens is 280 g/mol. The zero-order valence-electron chi connectivity index (χ0n) is 13.1. The second-order valence-corrected chi connectivity index (χ2v) is 5.39. The van der Waals surface area contributed by atoms with Gasteiger partial charge in [0.05, 0.1) is 25.7 Å². The van der Waals surface area contributed by atoms with Crippen molar-refractivity contribution in [2.45, 2.75) is 20.0 Å². The van der Waals surface area contributed by atoms with Crippen molar-refractivity contribution in [2.24, 2.45) is 0 Å². The van der Waals surface area contributed by atoms with Crippen LogP contribution in [0.3, 0.4) is 0 Å². The van der Waals surface area contributed by atoms with Gasteiger partial charge >= 0.3 is 0 Å². The Morgan fingerprint density at radius 1 is 1.14 bits per heavy atom. The fourth-order valence-electron chi connectivity index (χ4n) is 2.64. The summed E-state index contributed by atoms with van der Waals surface area (Å²) in [4.78, 5) is 13.3. The standard InChI is InChI=1S/C15H22N6O/c1-3-21-12-13(8-17-21)11-19-4-6-20(7-5-19)14-9-16-10-15(18-14)22-2/h8-10,12H,3-7,11H2,1-2H3. The molecule has 3 rings (SSSR count). The van der Waals surface area contributed by atoms with Crippen molar-refractivity contribution in [3.63, 3.8) is 0 Å². The number of ether oxygens (including phenoxy) is 1. The Morgan fingerprint density at radius 3 is 2.64 bits per heavy atom. The second-order valence-electron chi connectivity index (χ2n) is 5.39. The van der Waals surface area contributed by atoms with Crippen LogP contribution in [-0.4, -0.2) is 57.9 Å². The third-order valence-electron chi connectivity index (χ3n) is 3.92. The molecule has 7 heteroatoms. The number of hydrogen-bond donors (Lipinski definition) is 0. The molecule has 3 heterocycles. The lowest BCUT2D eigenvalue weighted by molar-refractivity contribution is 0.249. The quantitative estimate of drug-likeness (QED) is 0.822. The average Bonchev–Trinajstić information content (AvgIpc) is 3.03. The van der Waals surface area contributed by atoms with Gasteiger partial charge in [-0.25, -0.2) is 0 Å². The molecule has 1 aliphatic heterocycles. The van der Waals surface area contributed by atoms with Crippen molar-refractivity contribution in [1.29, 1.82) is 0 Å². The van der Waals surface area contributed by atoms with Crippen molar-refractivity contribution >= 4 is 5.82 Å². The minimum atomic E-state index is 0.562.